The average molecular weight is 165 g/mol. The molecule has 2 radical (unpaired) electrons. The summed E-state index contributed by atoms with van der Waals surface area (Å²) >= 11 is 0. The summed E-state index contributed by atoms with van der Waals surface area (Å²) < 4.78 is 0. The van der Waals surface area contributed by atoms with Gasteiger partial charge in [0.1, 0.15) is 0 Å². The van der Waals surface area contributed by atoms with Crippen LogP contribution in [0, 0.1) is 0 Å². The molecule has 0 aliphatic rings. The number of rotatable bonds is 5. The van der Waals surface area contributed by atoms with Gasteiger partial charge in [-0.15, -0.1) is 0 Å². The van der Waals surface area contributed by atoms with E-state index < -0.39 is 0 Å². The smallest absolute Gasteiger partial charge is 0.181 e. The molecule has 0 spiro atoms. The van der Waals surface area contributed by atoms with E-state index in [1.54, 1.807) is 0 Å². The molecule has 3 nitrogen and oxygen atoms in total. The molecule has 0 unspecified atom stereocenters. The van der Waals surface area contributed by atoms with Gasteiger partial charge in [0.2, 0.25) is 0 Å². The standard InChI is InChI=1S/C6H18B3N3/c1-10(2)7-9(12(5)6)8-11(3)4/h1-6H3. The van der Waals surface area contributed by atoms with Gasteiger partial charge in [-0.2, -0.15) is 0 Å². The Labute approximate surface area is 78.7 Å². The third kappa shape index (κ3) is 5.69. The van der Waals surface area contributed by atoms with Crippen molar-refractivity contribution in [1.82, 2.24) is 14.4 Å². The lowest BCUT2D eigenvalue weighted by Gasteiger charge is -2.25. The molecule has 0 aliphatic carbocycles. The predicted octanol–water partition coefficient (Wildman–Crippen LogP) is -1.11. The van der Waals surface area contributed by atoms with E-state index in [1.165, 1.54) is 0 Å². The van der Waals surface area contributed by atoms with E-state index in [9.17, 15) is 0 Å². The minimum Gasteiger partial charge on any atom is -0.359 e. The van der Waals surface area contributed by atoms with Gasteiger partial charge >= 0.3 is 0 Å². The molecular weight excluding hydrogens is 147 g/mol. The number of hydrogen-bond donors (Lipinski definition) is 0. The van der Waals surface area contributed by atoms with Crippen molar-refractivity contribution in [2.45, 2.75) is 0 Å². The predicted molar refractivity (Wildman–Crippen MR) is 58.3 cm³/mol. The molecule has 0 saturated carbocycles. The summed E-state index contributed by atoms with van der Waals surface area (Å²) in [5.41, 5.74) is 0. The normalized spacial score (nSPS) is 11.1. The lowest BCUT2D eigenvalue weighted by molar-refractivity contribution is 0.629. The first kappa shape index (κ1) is 12.1. The van der Waals surface area contributed by atoms with E-state index in [2.05, 4.69) is 43.1 Å². The lowest BCUT2D eigenvalue weighted by Crippen LogP contribution is -2.53. The summed E-state index contributed by atoms with van der Waals surface area (Å²) in [6, 6.07) is 0. The maximum atomic E-state index is 2.17. The van der Waals surface area contributed by atoms with E-state index in [0.29, 0.717) is 6.63 Å². The largest absolute Gasteiger partial charge is 0.359 e. The van der Waals surface area contributed by atoms with Gasteiger partial charge in [-0.25, -0.2) is 0 Å². The maximum absolute atomic E-state index is 2.17. The van der Waals surface area contributed by atoms with Crippen LogP contribution in [0.5, 0.6) is 0 Å². The minimum absolute atomic E-state index is 0.370. The van der Waals surface area contributed by atoms with Crippen LogP contribution in [0.25, 0.3) is 0 Å². The molecule has 6 heteroatoms. The van der Waals surface area contributed by atoms with Gasteiger partial charge in [-0.1, -0.05) is 0 Å². The Kier molecular flexibility index (Phi) is 5.71. The topological polar surface area (TPSA) is 9.72 Å². The summed E-state index contributed by atoms with van der Waals surface area (Å²) in [5.74, 6) is 0. The Morgan fingerprint density at radius 1 is 0.750 bits per heavy atom. The van der Waals surface area contributed by atoms with Crippen LogP contribution in [0.1, 0.15) is 0 Å². The molecule has 0 bridgehead atoms. The molecular formula is C6H18B3N3. The molecule has 0 amide bonds. The summed E-state index contributed by atoms with van der Waals surface area (Å²) in [7, 11) is 16.6. The second kappa shape index (κ2) is 5.67. The molecule has 0 atom stereocenters. The van der Waals surface area contributed by atoms with Crippen molar-refractivity contribution in [3.63, 3.8) is 0 Å². The highest BCUT2D eigenvalue weighted by Crippen LogP contribution is 1.87. The quantitative estimate of drug-likeness (QED) is 0.478. The van der Waals surface area contributed by atoms with Crippen LogP contribution in [-0.4, -0.2) is 78.0 Å². The van der Waals surface area contributed by atoms with Crippen molar-refractivity contribution in [3.05, 3.63) is 0 Å². The highest BCUT2D eigenvalue weighted by molar-refractivity contribution is 7.37. The van der Waals surface area contributed by atoms with Crippen molar-refractivity contribution in [1.29, 1.82) is 0 Å². The van der Waals surface area contributed by atoms with Gasteiger partial charge in [0.15, 0.2) is 21.2 Å². The molecule has 12 heavy (non-hydrogen) atoms. The highest BCUT2D eigenvalue weighted by Gasteiger charge is 2.20. The molecule has 0 rings (SSSR count). The zero-order chi connectivity index (χ0) is 9.72. The van der Waals surface area contributed by atoms with Crippen molar-refractivity contribution in [3.8, 4) is 0 Å². The van der Waals surface area contributed by atoms with Crippen LogP contribution in [0.15, 0.2) is 0 Å². The van der Waals surface area contributed by atoms with E-state index >= 15 is 0 Å². The Morgan fingerprint density at radius 2 is 1.08 bits per heavy atom. The highest BCUT2D eigenvalue weighted by atomic mass is 15.0. The van der Waals surface area contributed by atoms with E-state index in [1.807, 2.05) is 28.2 Å². The summed E-state index contributed by atoms with van der Waals surface area (Å²) in [5, 5.41) is 0. The van der Waals surface area contributed by atoms with Gasteiger partial charge in [-0.05, 0) is 42.3 Å². The Balaban J connectivity index is 3.87. The minimum atomic E-state index is 0.370. The van der Waals surface area contributed by atoms with Gasteiger partial charge in [0, 0.05) is 0 Å². The SMILES string of the molecule is CN(C)[B]B([B]N(C)C)N(C)C. The Morgan fingerprint density at radius 3 is 1.25 bits per heavy atom. The summed E-state index contributed by atoms with van der Waals surface area (Å²) in [6.45, 7) is 0.370. The van der Waals surface area contributed by atoms with Crippen LogP contribution in [0.3, 0.4) is 0 Å². The van der Waals surface area contributed by atoms with Crippen molar-refractivity contribution >= 4 is 21.2 Å². The van der Waals surface area contributed by atoms with E-state index in [-0.39, 0.29) is 0 Å². The molecule has 0 saturated heterocycles. The second-order valence-electron chi connectivity index (χ2n) is 3.68. The molecule has 0 heterocycles. The maximum Gasteiger partial charge on any atom is 0.181 e. The van der Waals surface area contributed by atoms with Crippen LogP contribution < -0.4 is 0 Å². The third-order valence-electron chi connectivity index (χ3n) is 1.50. The first-order valence-electron chi connectivity index (χ1n) is 4.12. The van der Waals surface area contributed by atoms with E-state index in [0.717, 1.165) is 0 Å². The van der Waals surface area contributed by atoms with Crippen LogP contribution in [0.2, 0.25) is 0 Å². The number of hydrogen-bond acceptors (Lipinski definition) is 3. The molecule has 0 aromatic rings. The van der Waals surface area contributed by atoms with E-state index in [4.69, 9.17) is 0 Å². The lowest BCUT2D eigenvalue weighted by atomic mass is 9.16. The molecule has 0 fully saturated rings. The first-order chi connectivity index (χ1) is 5.43. The van der Waals surface area contributed by atoms with Crippen molar-refractivity contribution in [2.75, 3.05) is 42.3 Å². The van der Waals surface area contributed by atoms with Gasteiger partial charge < -0.3 is 14.4 Å². The fourth-order valence-electron chi connectivity index (χ4n) is 0.916. The summed E-state index contributed by atoms with van der Waals surface area (Å²) in [4.78, 5) is 6.31. The van der Waals surface area contributed by atoms with Gasteiger partial charge in [-0.3, -0.25) is 0 Å². The van der Waals surface area contributed by atoms with Gasteiger partial charge in [0.05, 0.1) is 0 Å². The molecule has 0 aromatic carbocycles. The second-order valence-corrected chi connectivity index (χ2v) is 3.68. The van der Waals surface area contributed by atoms with Crippen LogP contribution >= 0.6 is 0 Å². The van der Waals surface area contributed by atoms with Crippen molar-refractivity contribution < 1.29 is 0 Å². The zero-order valence-electron chi connectivity index (χ0n) is 9.07. The van der Waals surface area contributed by atoms with Crippen molar-refractivity contribution in [2.24, 2.45) is 0 Å². The van der Waals surface area contributed by atoms with Crippen LogP contribution in [-0.2, 0) is 0 Å². The molecule has 66 valence electrons. The average Bonchev–Trinajstić information content (AvgIpc) is 1.83. The first-order valence-corrected chi connectivity index (χ1v) is 4.12. The number of nitrogens with zero attached hydrogens (tertiary/aromatic N) is 3. The fraction of sp³-hybridized carbons (Fsp3) is 1.00. The van der Waals surface area contributed by atoms with Crippen LogP contribution in [0.4, 0.5) is 0 Å². The zero-order valence-corrected chi connectivity index (χ0v) is 9.07. The fourth-order valence-corrected chi connectivity index (χ4v) is 0.916. The molecule has 0 aromatic heterocycles. The monoisotopic (exact) mass is 165 g/mol. The molecule has 0 N–H and O–H groups in total. The Hall–Kier alpha value is 0.0748. The van der Waals surface area contributed by atoms with Gasteiger partial charge in [0.25, 0.3) is 0 Å². The summed E-state index contributed by atoms with van der Waals surface area (Å²) in [6.07, 6.45) is 0. The Bertz CT molecular complexity index is 109. The third-order valence-corrected chi connectivity index (χ3v) is 1.50. The molecule has 0 aliphatic heterocycles.